The van der Waals surface area contributed by atoms with Crippen molar-refractivity contribution in [2.45, 2.75) is 32.4 Å². The molecule has 1 N–H and O–H groups in total. The monoisotopic (exact) mass is 358 g/mol. The maximum Gasteiger partial charge on any atom is 0.236 e. The van der Waals surface area contributed by atoms with E-state index in [4.69, 9.17) is 4.74 Å². The number of amides is 1. The Kier molecular flexibility index (Phi) is 5.82. The number of carbonyl (C=O) groups excluding carboxylic acids is 1. The SMILES string of the molecule is CCN1C(=O)CC[C@H](CNCc2nccnc2OC)[C@H]1c1cnn(C)c1. The summed E-state index contributed by atoms with van der Waals surface area (Å²) in [6.45, 7) is 4.09. The fourth-order valence-corrected chi connectivity index (χ4v) is 3.67. The van der Waals surface area contributed by atoms with E-state index in [0.29, 0.717) is 31.3 Å². The number of piperidine rings is 1. The van der Waals surface area contributed by atoms with Crippen molar-refractivity contribution >= 4 is 5.91 Å². The Balaban J connectivity index is 1.71. The van der Waals surface area contributed by atoms with Crippen LogP contribution < -0.4 is 10.1 Å². The van der Waals surface area contributed by atoms with Gasteiger partial charge in [-0.25, -0.2) is 4.98 Å². The van der Waals surface area contributed by atoms with E-state index in [-0.39, 0.29) is 11.9 Å². The van der Waals surface area contributed by atoms with Crippen molar-refractivity contribution in [2.24, 2.45) is 13.0 Å². The predicted molar refractivity (Wildman–Crippen MR) is 96.4 cm³/mol. The zero-order chi connectivity index (χ0) is 18.5. The van der Waals surface area contributed by atoms with E-state index in [2.05, 4.69) is 20.4 Å². The van der Waals surface area contributed by atoms with Crippen molar-refractivity contribution in [3.63, 3.8) is 0 Å². The van der Waals surface area contributed by atoms with Crippen LogP contribution in [0.3, 0.4) is 0 Å². The molecule has 3 rings (SSSR count). The minimum atomic E-state index is 0.0474. The normalized spacial score (nSPS) is 20.4. The number of hydrogen-bond acceptors (Lipinski definition) is 6. The van der Waals surface area contributed by atoms with Crippen molar-refractivity contribution in [3.8, 4) is 5.88 Å². The molecule has 2 aromatic heterocycles. The molecule has 0 saturated carbocycles. The van der Waals surface area contributed by atoms with Crippen molar-refractivity contribution in [3.05, 3.63) is 36.0 Å². The zero-order valence-corrected chi connectivity index (χ0v) is 15.6. The molecule has 1 fully saturated rings. The van der Waals surface area contributed by atoms with Gasteiger partial charge < -0.3 is 15.0 Å². The third kappa shape index (κ3) is 3.85. The standard InChI is InChI=1S/C18H26N6O2/c1-4-24-16(25)6-5-13(17(24)14-10-22-23(2)12-14)9-19-11-15-18(26-3)21-8-7-20-15/h7-8,10,12-13,17,19H,4-6,9,11H2,1-3H3/t13-,17+/m1/s1. The lowest BCUT2D eigenvalue weighted by molar-refractivity contribution is -0.138. The lowest BCUT2D eigenvalue weighted by atomic mass is 9.85. The first-order valence-electron chi connectivity index (χ1n) is 8.96. The summed E-state index contributed by atoms with van der Waals surface area (Å²) in [7, 11) is 3.50. The molecule has 1 aliphatic heterocycles. The molecule has 0 unspecified atom stereocenters. The lowest BCUT2D eigenvalue weighted by Gasteiger charge is -2.40. The van der Waals surface area contributed by atoms with Crippen LogP contribution in [0.15, 0.2) is 24.8 Å². The van der Waals surface area contributed by atoms with Crippen molar-refractivity contribution in [2.75, 3.05) is 20.2 Å². The Morgan fingerprint density at radius 3 is 2.85 bits per heavy atom. The molecule has 2 aromatic rings. The van der Waals surface area contributed by atoms with E-state index in [1.54, 1.807) is 24.2 Å². The summed E-state index contributed by atoms with van der Waals surface area (Å²) in [6.07, 6.45) is 8.60. The highest BCUT2D eigenvalue weighted by molar-refractivity contribution is 5.77. The summed E-state index contributed by atoms with van der Waals surface area (Å²) in [6, 6.07) is 0.0474. The van der Waals surface area contributed by atoms with Crippen molar-refractivity contribution in [1.82, 2.24) is 30.0 Å². The smallest absolute Gasteiger partial charge is 0.236 e. The molecule has 140 valence electrons. The van der Waals surface area contributed by atoms with Crippen LogP contribution in [0.25, 0.3) is 0 Å². The van der Waals surface area contributed by atoms with Gasteiger partial charge in [-0.15, -0.1) is 0 Å². The van der Waals surface area contributed by atoms with Crippen LogP contribution in [0.1, 0.15) is 37.1 Å². The fourth-order valence-electron chi connectivity index (χ4n) is 3.67. The average molecular weight is 358 g/mol. The lowest BCUT2D eigenvalue weighted by Crippen LogP contribution is -2.45. The quantitative estimate of drug-likeness (QED) is 0.803. The third-order valence-electron chi connectivity index (χ3n) is 4.87. The van der Waals surface area contributed by atoms with Crippen molar-refractivity contribution in [1.29, 1.82) is 0 Å². The molecule has 8 nitrogen and oxygen atoms in total. The van der Waals surface area contributed by atoms with Crippen LogP contribution in [-0.2, 0) is 18.4 Å². The van der Waals surface area contributed by atoms with Crippen LogP contribution in [0.5, 0.6) is 5.88 Å². The molecule has 1 aliphatic rings. The second kappa shape index (κ2) is 8.27. The molecular weight excluding hydrogens is 332 g/mol. The Labute approximate surface area is 153 Å². The Bertz CT molecular complexity index is 747. The number of likely N-dealkylation sites (tertiary alicyclic amines) is 1. The third-order valence-corrected chi connectivity index (χ3v) is 4.87. The molecule has 0 aromatic carbocycles. The molecular formula is C18H26N6O2. The number of nitrogens with one attached hydrogen (secondary N) is 1. The van der Waals surface area contributed by atoms with E-state index < -0.39 is 0 Å². The van der Waals surface area contributed by atoms with Gasteiger partial charge >= 0.3 is 0 Å². The first-order valence-corrected chi connectivity index (χ1v) is 8.96. The van der Waals surface area contributed by atoms with E-state index in [0.717, 1.165) is 24.2 Å². The molecule has 26 heavy (non-hydrogen) atoms. The number of ether oxygens (including phenoxy) is 1. The van der Waals surface area contributed by atoms with E-state index in [1.165, 1.54) is 0 Å². The second-order valence-corrected chi connectivity index (χ2v) is 6.51. The maximum absolute atomic E-state index is 12.4. The number of hydrogen-bond donors (Lipinski definition) is 1. The van der Waals surface area contributed by atoms with Gasteiger partial charge in [-0.3, -0.25) is 14.5 Å². The largest absolute Gasteiger partial charge is 0.480 e. The van der Waals surface area contributed by atoms with Gasteiger partial charge in [0.05, 0.1) is 19.3 Å². The summed E-state index contributed by atoms with van der Waals surface area (Å²) in [5, 5.41) is 7.76. The predicted octanol–water partition coefficient (Wildman–Crippen LogP) is 1.31. The summed E-state index contributed by atoms with van der Waals surface area (Å²) in [5.74, 6) is 1.07. The first kappa shape index (κ1) is 18.3. The van der Waals surface area contributed by atoms with Crippen LogP contribution in [0.2, 0.25) is 0 Å². The van der Waals surface area contributed by atoms with Crippen LogP contribution in [0.4, 0.5) is 0 Å². The van der Waals surface area contributed by atoms with Crippen LogP contribution >= 0.6 is 0 Å². The molecule has 1 saturated heterocycles. The van der Waals surface area contributed by atoms with Gasteiger partial charge in [-0.2, -0.15) is 5.10 Å². The van der Waals surface area contributed by atoms with Gasteiger partial charge in [0, 0.05) is 57.3 Å². The first-order chi connectivity index (χ1) is 12.6. The molecule has 0 bridgehead atoms. The van der Waals surface area contributed by atoms with Gasteiger partial charge in [0.2, 0.25) is 11.8 Å². The minimum Gasteiger partial charge on any atom is -0.480 e. The molecule has 1 amide bonds. The number of aryl methyl sites for hydroxylation is 1. The molecule has 3 heterocycles. The molecule has 0 radical (unpaired) electrons. The Morgan fingerprint density at radius 1 is 1.35 bits per heavy atom. The number of carbonyl (C=O) groups is 1. The number of methoxy groups -OCH3 is 1. The maximum atomic E-state index is 12.4. The molecule has 0 spiro atoms. The fraction of sp³-hybridized carbons (Fsp3) is 0.556. The number of nitrogens with zero attached hydrogens (tertiary/aromatic N) is 5. The highest BCUT2D eigenvalue weighted by Gasteiger charge is 2.36. The second-order valence-electron chi connectivity index (χ2n) is 6.51. The van der Waals surface area contributed by atoms with Crippen molar-refractivity contribution < 1.29 is 9.53 Å². The van der Waals surface area contributed by atoms with Gasteiger partial charge in [-0.05, 0) is 19.3 Å². The topological polar surface area (TPSA) is 85.2 Å². The van der Waals surface area contributed by atoms with E-state index in [1.807, 2.05) is 31.3 Å². The molecule has 8 heteroatoms. The van der Waals surface area contributed by atoms with Crippen LogP contribution in [-0.4, -0.2) is 50.8 Å². The summed E-state index contributed by atoms with van der Waals surface area (Å²) in [5.41, 5.74) is 1.87. The summed E-state index contributed by atoms with van der Waals surface area (Å²) < 4.78 is 7.04. The highest BCUT2D eigenvalue weighted by atomic mass is 16.5. The minimum absolute atomic E-state index is 0.0474. The molecule has 0 aliphatic carbocycles. The van der Waals surface area contributed by atoms with Gasteiger partial charge in [0.1, 0.15) is 5.69 Å². The van der Waals surface area contributed by atoms with Gasteiger partial charge in [-0.1, -0.05) is 0 Å². The Hall–Kier alpha value is -2.48. The molecule has 2 atom stereocenters. The number of rotatable bonds is 7. The van der Waals surface area contributed by atoms with E-state index >= 15 is 0 Å². The van der Waals surface area contributed by atoms with E-state index in [9.17, 15) is 4.79 Å². The zero-order valence-electron chi connectivity index (χ0n) is 15.6. The summed E-state index contributed by atoms with van der Waals surface area (Å²) in [4.78, 5) is 22.9. The van der Waals surface area contributed by atoms with Crippen LogP contribution in [0, 0.1) is 5.92 Å². The highest BCUT2D eigenvalue weighted by Crippen LogP contribution is 2.36. The summed E-state index contributed by atoms with van der Waals surface area (Å²) >= 11 is 0. The van der Waals surface area contributed by atoms with Gasteiger partial charge in [0.15, 0.2) is 0 Å². The Morgan fingerprint density at radius 2 is 2.15 bits per heavy atom. The number of aromatic nitrogens is 4. The average Bonchev–Trinajstić information content (AvgIpc) is 3.08. The van der Waals surface area contributed by atoms with Gasteiger partial charge in [0.25, 0.3) is 0 Å².